The van der Waals surface area contributed by atoms with E-state index in [-0.39, 0.29) is 35.4 Å². The predicted molar refractivity (Wildman–Crippen MR) is 86.3 cm³/mol. The van der Waals surface area contributed by atoms with E-state index in [1.807, 2.05) is 0 Å². The quantitative estimate of drug-likeness (QED) is 0.789. The zero-order chi connectivity index (χ0) is 15.6. The Kier molecular flexibility index (Phi) is 4.88. The lowest BCUT2D eigenvalue weighted by Crippen LogP contribution is -2.53. The van der Waals surface area contributed by atoms with Crippen LogP contribution in [0.3, 0.4) is 0 Å². The molecule has 1 aliphatic carbocycles. The van der Waals surface area contributed by atoms with Gasteiger partial charge in [-0.3, -0.25) is 9.69 Å². The zero-order valence-electron chi connectivity index (χ0n) is 13.0. The fourth-order valence-electron chi connectivity index (χ4n) is 3.91. The summed E-state index contributed by atoms with van der Waals surface area (Å²) in [5.74, 6) is 0.342. The molecule has 0 aromatic heterocycles. The molecule has 0 unspecified atom stereocenters. The Morgan fingerprint density at radius 1 is 1.09 bits per heavy atom. The van der Waals surface area contributed by atoms with E-state index in [0.717, 1.165) is 45.2 Å². The summed E-state index contributed by atoms with van der Waals surface area (Å²) in [5, 5.41) is 3.06. The van der Waals surface area contributed by atoms with E-state index in [0.29, 0.717) is 0 Å². The van der Waals surface area contributed by atoms with Crippen molar-refractivity contribution in [3.05, 3.63) is 12.2 Å². The molecule has 2 heterocycles. The van der Waals surface area contributed by atoms with Gasteiger partial charge in [0.15, 0.2) is 9.84 Å². The van der Waals surface area contributed by atoms with Gasteiger partial charge in [-0.25, -0.2) is 8.42 Å². The number of likely N-dealkylation sites (tertiary alicyclic amines) is 1. The number of nitrogens with zero attached hydrogens (tertiary/aromatic N) is 1. The van der Waals surface area contributed by atoms with Crippen molar-refractivity contribution in [2.45, 2.75) is 50.6 Å². The maximum Gasteiger partial charge on any atom is 0.223 e. The van der Waals surface area contributed by atoms with E-state index in [1.165, 1.54) is 6.42 Å². The number of hydrogen-bond acceptors (Lipinski definition) is 4. The Hall–Kier alpha value is -0.880. The van der Waals surface area contributed by atoms with Crippen molar-refractivity contribution in [3.63, 3.8) is 0 Å². The number of amides is 1. The summed E-state index contributed by atoms with van der Waals surface area (Å²) in [5.41, 5.74) is 0. The van der Waals surface area contributed by atoms with Crippen LogP contribution < -0.4 is 5.32 Å². The van der Waals surface area contributed by atoms with Gasteiger partial charge in [-0.2, -0.15) is 0 Å². The summed E-state index contributed by atoms with van der Waals surface area (Å²) in [4.78, 5) is 14.7. The molecular weight excluding hydrogens is 300 g/mol. The second kappa shape index (κ2) is 6.71. The lowest BCUT2D eigenvalue weighted by Gasteiger charge is -2.35. The first-order valence-corrected chi connectivity index (χ1v) is 10.3. The van der Waals surface area contributed by atoms with Crippen molar-refractivity contribution < 1.29 is 13.2 Å². The summed E-state index contributed by atoms with van der Waals surface area (Å²) in [6, 6.07) is -0.269. The largest absolute Gasteiger partial charge is 0.350 e. The minimum atomic E-state index is -3.04. The first-order valence-electron chi connectivity index (χ1n) is 8.45. The van der Waals surface area contributed by atoms with E-state index < -0.39 is 9.84 Å². The molecule has 3 aliphatic rings. The molecule has 0 aromatic carbocycles. The standard InChI is InChI=1S/C16H26N2O3S/c19-16(13-7-3-1-4-8-13)17-14-11-22(20,21)12-15(14)18-9-5-2-6-10-18/h1,3,13-15H,2,4-12H2,(H,17,19)/t13-,14-,15-/m1/s1. The molecule has 2 saturated heterocycles. The Labute approximate surface area is 133 Å². The van der Waals surface area contributed by atoms with E-state index >= 15 is 0 Å². The van der Waals surface area contributed by atoms with E-state index in [1.54, 1.807) is 0 Å². The smallest absolute Gasteiger partial charge is 0.223 e. The van der Waals surface area contributed by atoms with Crippen LogP contribution in [0.15, 0.2) is 12.2 Å². The minimum absolute atomic E-state index is 0.00955. The predicted octanol–water partition coefficient (Wildman–Crippen LogP) is 1.11. The topological polar surface area (TPSA) is 66.5 Å². The van der Waals surface area contributed by atoms with Gasteiger partial charge in [0.2, 0.25) is 5.91 Å². The lowest BCUT2D eigenvalue weighted by atomic mass is 9.93. The Morgan fingerprint density at radius 3 is 2.55 bits per heavy atom. The van der Waals surface area contributed by atoms with Gasteiger partial charge >= 0.3 is 0 Å². The molecule has 6 heteroatoms. The van der Waals surface area contributed by atoms with Crippen molar-refractivity contribution in [2.75, 3.05) is 24.6 Å². The fourth-order valence-corrected chi connectivity index (χ4v) is 5.86. The Balaban J connectivity index is 1.66. The average Bonchev–Trinajstić information content (AvgIpc) is 2.83. The molecule has 0 radical (unpaired) electrons. The third kappa shape index (κ3) is 3.71. The molecule has 1 N–H and O–H groups in total. The molecule has 0 bridgehead atoms. The minimum Gasteiger partial charge on any atom is -0.350 e. The molecule has 3 atom stereocenters. The number of rotatable bonds is 3. The molecule has 124 valence electrons. The van der Waals surface area contributed by atoms with Crippen LogP contribution >= 0.6 is 0 Å². The number of hydrogen-bond donors (Lipinski definition) is 1. The maximum absolute atomic E-state index is 12.4. The van der Waals surface area contributed by atoms with Gasteiger partial charge in [-0.1, -0.05) is 18.6 Å². The summed E-state index contributed by atoms with van der Waals surface area (Å²) >= 11 is 0. The number of carbonyl (C=O) groups excluding carboxylic acids is 1. The van der Waals surface area contributed by atoms with Crippen LogP contribution in [-0.4, -0.2) is 55.9 Å². The molecule has 22 heavy (non-hydrogen) atoms. The molecule has 2 aliphatic heterocycles. The number of sulfone groups is 1. The number of allylic oxidation sites excluding steroid dienone is 2. The molecule has 0 saturated carbocycles. The van der Waals surface area contributed by atoms with E-state index in [4.69, 9.17) is 0 Å². The van der Waals surface area contributed by atoms with Gasteiger partial charge in [0.25, 0.3) is 0 Å². The molecule has 3 rings (SSSR count). The average molecular weight is 326 g/mol. The third-order valence-corrected chi connectivity index (χ3v) is 6.87. The van der Waals surface area contributed by atoms with Gasteiger partial charge in [0.1, 0.15) is 0 Å². The normalized spacial score (nSPS) is 35.4. The van der Waals surface area contributed by atoms with Crippen LogP contribution in [0, 0.1) is 5.92 Å². The van der Waals surface area contributed by atoms with Crippen molar-refractivity contribution in [2.24, 2.45) is 5.92 Å². The van der Waals surface area contributed by atoms with Gasteiger partial charge in [0, 0.05) is 12.0 Å². The number of carbonyl (C=O) groups is 1. The molecule has 0 spiro atoms. The molecule has 5 nitrogen and oxygen atoms in total. The second-order valence-corrected chi connectivity index (χ2v) is 8.99. The highest BCUT2D eigenvalue weighted by Gasteiger charge is 2.42. The van der Waals surface area contributed by atoms with Crippen LogP contribution in [0.1, 0.15) is 38.5 Å². The fraction of sp³-hybridized carbons (Fsp3) is 0.812. The highest BCUT2D eigenvalue weighted by Crippen LogP contribution is 2.24. The highest BCUT2D eigenvalue weighted by molar-refractivity contribution is 7.91. The van der Waals surface area contributed by atoms with Crippen LogP contribution in [0.5, 0.6) is 0 Å². The molecular formula is C16H26N2O3S. The summed E-state index contributed by atoms with van der Waals surface area (Å²) in [6.45, 7) is 1.91. The number of nitrogens with one attached hydrogen (secondary N) is 1. The lowest BCUT2D eigenvalue weighted by molar-refractivity contribution is -0.126. The van der Waals surface area contributed by atoms with Crippen LogP contribution in [0.4, 0.5) is 0 Å². The second-order valence-electron chi connectivity index (χ2n) is 6.84. The van der Waals surface area contributed by atoms with Crippen molar-refractivity contribution in [1.29, 1.82) is 0 Å². The molecule has 2 fully saturated rings. The van der Waals surface area contributed by atoms with Crippen molar-refractivity contribution >= 4 is 15.7 Å². The molecule has 1 amide bonds. The summed E-state index contributed by atoms with van der Waals surface area (Å²) < 4.78 is 24.1. The van der Waals surface area contributed by atoms with Crippen LogP contribution in [0.25, 0.3) is 0 Å². The van der Waals surface area contributed by atoms with Crippen LogP contribution in [0.2, 0.25) is 0 Å². The first-order chi connectivity index (χ1) is 10.6. The van der Waals surface area contributed by atoms with Gasteiger partial charge < -0.3 is 5.32 Å². The van der Waals surface area contributed by atoms with Crippen LogP contribution in [-0.2, 0) is 14.6 Å². The Morgan fingerprint density at radius 2 is 1.86 bits per heavy atom. The molecule has 0 aromatic rings. The zero-order valence-corrected chi connectivity index (χ0v) is 13.9. The van der Waals surface area contributed by atoms with E-state index in [2.05, 4.69) is 22.4 Å². The van der Waals surface area contributed by atoms with Crippen molar-refractivity contribution in [3.8, 4) is 0 Å². The number of piperidine rings is 1. The summed E-state index contributed by atoms with van der Waals surface area (Å²) in [7, 11) is -3.04. The highest BCUT2D eigenvalue weighted by atomic mass is 32.2. The SMILES string of the molecule is O=C(N[C@@H]1CS(=O)(=O)C[C@H]1N1CCCCC1)[C@@H]1CC=CCC1. The summed E-state index contributed by atoms with van der Waals surface area (Å²) in [6.07, 6.45) is 10.2. The first kappa shape index (κ1) is 16.0. The van der Waals surface area contributed by atoms with Crippen molar-refractivity contribution in [1.82, 2.24) is 10.2 Å². The van der Waals surface area contributed by atoms with Gasteiger partial charge in [-0.05, 0) is 45.2 Å². The monoisotopic (exact) mass is 326 g/mol. The Bertz CT molecular complexity index is 538. The van der Waals surface area contributed by atoms with E-state index in [9.17, 15) is 13.2 Å². The van der Waals surface area contributed by atoms with Gasteiger partial charge in [0.05, 0.1) is 17.5 Å². The maximum atomic E-state index is 12.4. The third-order valence-electron chi connectivity index (χ3n) is 5.15. The van der Waals surface area contributed by atoms with Gasteiger partial charge in [-0.15, -0.1) is 0 Å².